The molecule has 0 heteroatoms. The Morgan fingerprint density at radius 2 is 1.37 bits per heavy atom. The smallest absolute Gasteiger partial charge is 0.0360 e. The predicted octanol–water partition coefficient (Wildman–Crippen LogP) is 6.40. The normalized spacial score (nSPS) is 29.1. The molecule has 1 fully saturated rings. The van der Waals surface area contributed by atoms with Crippen LogP contribution in [0.4, 0.5) is 0 Å². The van der Waals surface area contributed by atoms with Gasteiger partial charge in [0.2, 0.25) is 0 Å². The van der Waals surface area contributed by atoms with Crippen molar-refractivity contribution in [3.05, 3.63) is 0 Å². The molecule has 0 radical (unpaired) electrons. The molecule has 6 unspecified atom stereocenters. The lowest BCUT2D eigenvalue weighted by Gasteiger charge is -2.25. The van der Waals surface area contributed by atoms with E-state index in [-0.39, 0.29) is 0 Å². The van der Waals surface area contributed by atoms with E-state index >= 15 is 0 Å². The van der Waals surface area contributed by atoms with E-state index < -0.39 is 0 Å². The molecule has 1 aliphatic rings. The monoisotopic (exact) mass is 266 g/mol. The van der Waals surface area contributed by atoms with E-state index in [4.69, 9.17) is 0 Å². The lowest BCUT2D eigenvalue weighted by Crippen LogP contribution is -2.15. The van der Waals surface area contributed by atoms with Crippen LogP contribution in [0, 0.1) is 41.4 Å². The van der Waals surface area contributed by atoms with Crippen molar-refractivity contribution in [2.45, 2.75) is 80.6 Å². The quantitative estimate of drug-likeness (QED) is 0.453. The van der Waals surface area contributed by atoms with E-state index in [9.17, 15) is 0 Å². The van der Waals surface area contributed by atoms with Crippen molar-refractivity contribution in [2.24, 2.45) is 41.4 Å². The minimum Gasteiger partial charge on any atom is -0.0625 e. The zero-order valence-electron chi connectivity index (χ0n) is 14.6. The van der Waals surface area contributed by atoms with Crippen molar-refractivity contribution in [1.29, 1.82) is 0 Å². The van der Waals surface area contributed by atoms with Gasteiger partial charge in [-0.2, -0.15) is 0 Å². The SMILES string of the molecule is CC(CCC(C)C(C)C(C)C)CCC(C)C1CC1C. The summed E-state index contributed by atoms with van der Waals surface area (Å²) in [6.07, 6.45) is 7.27. The maximum atomic E-state index is 2.48. The molecule has 19 heavy (non-hydrogen) atoms. The third-order valence-corrected chi connectivity index (χ3v) is 6.08. The van der Waals surface area contributed by atoms with Gasteiger partial charge in [-0.25, -0.2) is 0 Å². The van der Waals surface area contributed by atoms with Crippen LogP contribution in [-0.4, -0.2) is 0 Å². The van der Waals surface area contributed by atoms with Crippen molar-refractivity contribution in [2.75, 3.05) is 0 Å². The van der Waals surface area contributed by atoms with Gasteiger partial charge >= 0.3 is 0 Å². The van der Waals surface area contributed by atoms with Gasteiger partial charge in [0.25, 0.3) is 0 Å². The van der Waals surface area contributed by atoms with Gasteiger partial charge in [0.1, 0.15) is 0 Å². The Labute approximate surface area is 122 Å². The Bertz CT molecular complexity index is 242. The second kappa shape index (κ2) is 7.70. The summed E-state index contributed by atoms with van der Waals surface area (Å²) < 4.78 is 0. The fourth-order valence-corrected chi connectivity index (χ4v) is 3.52. The van der Waals surface area contributed by atoms with Crippen molar-refractivity contribution >= 4 is 0 Å². The molecular weight excluding hydrogens is 228 g/mol. The first-order valence-corrected chi connectivity index (χ1v) is 8.82. The first-order chi connectivity index (χ1) is 8.82. The largest absolute Gasteiger partial charge is 0.0625 e. The molecule has 0 aliphatic heterocycles. The number of rotatable bonds is 9. The third kappa shape index (κ3) is 5.88. The van der Waals surface area contributed by atoms with E-state index in [2.05, 4.69) is 48.5 Å². The molecule has 1 aliphatic carbocycles. The van der Waals surface area contributed by atoms with E-state index in [1.54, 1.807) is 0 Å². The van der Waals surface area contributed by atoms with Crippen LogP contribution in [0.2, 0.25) is 0 Å². The molecule has 114 valence electrons. The van der Waals surface area contributed by atoms with Crippen LogP contribution >= 0.6 is 0 Å². The van der Waals surface area contributed by atoms with Crippen LogP contribution in [0.15, 0.2) is 0 Å². The van der Waals surface area contributed by atoms with Crippen LogP contribution in [0.1, 0.15) is 80.6 Å². The molecule has 0 amide bonds. The fraction of sp³-hybridized carbons (Fsp3) is 1.00. The summed E-state index contributed by atoms with van der Waals surface area (Å²) in [4.78, 5) is 0. The Balaban J connectivity index is 2.12. The molecule has 0 aromatic heterocycles. The van der Waals surface area contributed by atoms with Crippen LogP contribution in [0.5, 0.6) is 0 Å². The Hall–Kier alpha value is 0. The first kappa shape index (κ1) is 17.1. The van der Waals surface area contributed by atoms with Gasteiger partial charge in [-0.05, 0) is 47.8 Å². The van der Waals surface area contributed by atoms with Gasteiger partial charge in [-0.15, -0.1) is 0 Å². The molecule has 6 atom stereocenters. The topological polar surface area (TPSA) is 0 Å². The highest BCUT2D eigenvalue weighted by atomic mass is 14.4. The van der Waals surface area contributed by atoms with Crippen LogP contribution in [-0.2, 0) is 0 Å². The van der Waals surface area contributed by atoms with Gasteiger partial charge in [-0.1, -0.05) is 74.1 Å². The molecule has 0 spiro atoms. The van der Waals surface area contributed by atoms with Crippen LogP contribution < -0.4 is 0 Å². The number of hydrogen-bond acceptors (Lipinski definition) is 0. The molecule has 0 nitrogen and oxygen atoms in total. The maximum absolute atomic E-state index is 2.48. The first-order valence-electron chi connectivity index (χ1n) is 8.82. The Kier molecular flexibility index (Phi) is 6.91. The minimum atomic E-state index is 0.835. The van der Waals surface area contributed by atoms with Crippen molar-refractivity contribution < 1.29 is 0 Å². The van der Waals surface area contributed by atoms with Crippen molar-refractivity contribution in [3.63, 3.8) is 0 Å². The average Bonchev–Trinajstić information content (AvgIpc) is 3.09. The molecule has 0 aromatic rings. The Morgan fingerprint density at radius 1 is 0.842 bits per heavy atom. The summed E-state index contributed by atoms with van der Waals surface area (Å²) in [5.41, 5.74) is 0. The van der Waals surface area contributed by atoms with E-state index in [1.165, 1.54) is 32.1 Å². The highest BCUT2D eigenvalue weighted by Gasteiger charge is 2.36. The third-order valence-electron chi connectivity index (χ3n) is 6.08. The molecule has 0 N–H and O–H groups in total. The molecule has 0 bridgehead atoms. The second-order valence-corrected chi connectivity index (χ2v) is 8.19. The van der Waals surface area contributed by atoms with E-state index in [0.29, 0.717) is 0 Å². The van der Waals surface area contributed by atoms with Gasteiger partial charge in [0.15, 0.2) is 0 Å². The van der Waals surface area contributed by atoms with E-state index in [0.717, 1.165) is 41.4 Å². The lowest BCUT2D eigenvalue weighted by molar-refractivity contribution is 0.259. The molecular formula is C19H38. The minimum absolute atomic E-state index is 0.835. The van der Waals surface area contributed by atoms with Gasteiger partial charge < -0.3 is 0 Å². The molecule has 1 saturated carbocycles. The standard InChI is InChI=1S/C19H38/c1-13(2)18(7)15(4)10-8-14(3)9-11-16(5)19-12-17(19)6/h13-19H,8-12H2,1-7H3. The van der Waals surface area contributed by atoms with Crippen molar-refractivity contribution in [3.8, 4) is 0 Å². The average molecular weight is 267 g/mol. The van der Waals surface area contributed by atoms with Gasteiger partial charge in [-0.3, -0.25) is 0 Å². The highest BCUT2D eigenvalue weighted by Crippen LogP contribution is 2.45. The van der Waals surface area contributed by atoms with Gasteiger partial charge in [0.05, 0.1) is 0 Å². The molecule has 0 saturated heterocycles. The van der Waals surface area contributed by atoms with Crippen molar-refractivity contribution in [1.82, 2.24) is 0 Å². The lowest BCUT2D eigenvalue weighted by atomic mass is 9.81. The Morgan fingerprint density at radius 3 is 1.84 bits per heavy atom. The zero-order chi connectivity index (χ0) is 14.6. The van der Waals surface area contributed by atoms with E-state index in [1.807, 2.05) is 0 Å². The summed E-state index contributed by atoms with van der Waals surface area (Å²) in [7, 11) is 0. The summed E-state index contributed by atoms with van der Waals surface area (Å²) in [6, 6.07) is 0. The molecule has 0 heterocycles. The summed E-state index contributed by atoms with van der Waals surface area (Å²) >= 11 is 0. The van der Waals surface area contributed by atoms with Crippen LogP contribution in [0.25, 0.3) is 0 Å². The summed E-state index contributed by atoms with van der Waals surface area (Å²) in [6.45, 7) is 17.0. The number of hydrogen-bond donors (Lipinski definition) is 0. The summed E-state index contributed by atoms with van der Waals surface area (Å²) in [5, 5.41) is 0. The summed E-state index contributed by atoms with van der Waals surface area (Å²) in [5.74, 6) is 6.59. The van der Waals surface area contributed by atoms with Crippen LogP contribution in [0.3, 0.4) is 0 Å². The highest BCUT2D eigenvalue weighted by molar-refractivity contribution is 4.86. The fourth-order valence-electron chi connectivity index (χ4n) is 3.52. The molecule has 0 aromatic carbocycles. The maximum Gasteiger partial charge on any atom is -0.0360 e. The zero-order valence-corrected chi connectivity index (χ0v) is 14.6. The second-order valence-electron chi connectivity index (χ2n) is 8.19. The molecule has 1 rings (SSSR count). The predicted molar refractivity (Wildman–Crippen MR) is 87.2 cm³/mol. The van der Waals surface area contributed by atoms with Gasteiger partial charge in [0, 0.05) is 0 Å².